The third-order valence-corrected chi connectivity index (χ3v) is 4.34. The Labute approximate surface area is 128 Å². The monoisotopic (exact) mass is 301 g/mol. The van der Waals surface area contributed by atoms with Crippen LogP contribution in [0.2, 0.25) is 0 Å². The number of para-hydroxylation sites is 1. The highest BCUT2D eigenvalue weighted by atomic mass is 19.1. The summed E-state index contributed by atoms with van der Waals surface area (Å²) in [5.41, 5.74) is 3.78. The molecular formula is C18H17F2NO. The first-order valence-corrected chi connectivity index (χ1v) is 7.26. The highest BCUT2D eigenvalue weighted by Gasteiger charge is 2.32. The van der Waals surface area contributed by atoms with Crippen molar-refractivity contribution in [2.75, 3.05) is 18.0 Å². The largest absolute Gasteiger partial charge is 0.365 e. The molecule has 0 atom stereocenters. The number of hydrogen-bond acceptors (Lipinski definition) is 2. The average molecular weight is 301 g/mol. The summed E-state index contributed by atoms with van der Waals surface area (Å²) in [7, 11) is 0. The van der Waals surface area contributed by atoms with Crippen LogP contribution in [0.3, 0.4) is 0 Å². The summed E-state index contributed by atoms with van der Waals surface area (Å²) in [5, 5.41) is 0. The SMILES string of the molecule is Cc1cc(C2CN(c3c(F)cccc3F)C2)cc(C)c1C=O. The molecule has 0 unspecified atom stereocenters. The lowest BCUT2D eigenvalue weighted by molar-refractivity contribution is 0.112. The van der Waals surface area contributed by atoms with E-state index in [-0.39, 0.29) is 11.6 Å². The molecule has 1 saturated heterocycles. The molecule has 22 heavy (non-hydrogen) atoms. The van der Waals surface area contributed by atoms with Crippen molar-refractivity contribution in [3.05, 3.63) is 64.2 Å². The Bertz CT molecular complexity index is 693. The molecule has 2 aromatic carbocycles. The summed E-state index contributed by atoms with van der Waals surface area (Å²) in [4.78, 5) is 12.7. The third-order valence-electron chi connectivity index (χ3n) is 4.34. The van der Waals surface area contributed by atoms with Crippen LogP contribution in [-0.4, -0.2) is 19.4 Å². The van der Waals surface area contributed by atoms with E-state index in [4.69, 9.17) is 0 Å². The maximum atomic E-state index is 13.8. The first-order chi connectivity index (χ1) is 10.5. The second-order valence-corrected chi connectivity index (χ2v) is 5.86. The summed E-state index contributed by atoms with van der Waals surface area (Å²) in [6.45, 7) is 4.98. The van der Waals surface area contributed by atoms with Crippen molar-refractivity contribution in [2.24, 2.45) is 0 Å². The summed E-state index contributed by atoms with van der Waals surface area (Å²) >= 11 is 0. The summed E-state index contributed by atoms with van der Waals surface area (Å²) in [6, 6.07) is 7.92. The molecule has 0 N–H and O–H groups in total. The molecule has 0 saturated carbocycles. The van der Waals surface area contributed by atoms with E-state index in [1.54, 1.807) is 4.90 Å². The molecule has 0 bridgehead atoms. The number of benzene rings is 2. The van der Waals surface area contributed by atoms with Crippen molar-refractivity contribution >= 4 is 12.0 Å². The van der Waals surface area contributed by atoms with Gasteiger partial charge < -0.3 is 4.90 Å². The number of rotatable bonds is 3. The molecule has 0 amide bonds. The van der Waals surface area contributed by atoms with E-state index in [1.807, 2.05) is 26.0 Å². The number of hydrogen-bond donors (Lipinski definition) is 0. The topological polar surface area (TPSA) is 20.3 Å². The smallest absolute Gasteiger partial charge is 0.150 e. The van der Waals surface area contributed by atoms with Gasteiger partial charge in [0.05, 0.1) is 0 Å². The van der Waals surface area contributed by atoms with Crippen LogP contribution in [0.25, 0.3) is 0 Å². The molecule has 1 heterocycles. The van der Waals surface area contributed by atoms with E-state index in [9.17, 15) is 13.6 Å². The van der Waals surface area contributed by atoms with E-state index in [0.717, 1.165) is 28.5 Å². The number of carbonyl (C=O) groups excluding carboxylic acids is 1. The molecule has 4 heteroatoms. The van der Waals surface area contributed by atoms with Crippen molar-refractivity contribution in [1.29, 1.82) is 0 Å². The van der Waals surface area contributed by atoms with Crippen molar-refractivity contribution in [3.8, 4) is 0 Å². The van der Waals surface area contributed by atoms with Crippen LogP contribution in [0.5, 0.6) is 0 Å². The minimum atomic E-state index is -0.526. The van der Waals surface area contributed by atoms with Gasteiger partial charge in [-0.3, -0.25) is 4.79 Å². The van der Waals surface area contributed by atoms with Crippen molar-refractivity contribution < 1.29 is 13.6 Å². The molecule has 1 fully saturated rings. The lowest BCUT2D eigenvalue weighted by Crippen LogP contribution is -2.46. The molecule has 0 radical (unpaired) electrons. The molecule has 1 aliphatic heterocycles. The Kier molecular flexibility index (Phi) is 3.69. The Morgan fingerprint density at radius 2 is 1.64 bits per heavy atom. The predicted molar refractivity (Wildman–Crippen MR) is 82.6 cm³/mol. The van der Waals surface area contributed by atoms with E-state index < -0.39 is 11.6 Å². The number of halogens is 2. The minimum Gasteiger partial charge on any atom is -0.365 e. The second-order valence-electron chi connectivity index (χ2n) is 5.86. The number of anilines is 1. The standard InChI is InChI=1S/C18H17F2NO/c1-11-6-13(7-12(2)15(11)10-22)14-8-21(9-14)18-16(19)4-3-5-17(18)20/h3-7,10,14H,8-9H2,1-2H3. The number of nitrogens with zero attached hydrogens (tertiary/aromatic N) is 1. The number of carbonyl (C=O) groups is 1. The fraction of sp³-hybridized carbons (Fsp3) is 0.278. The zero-order valence-corrected chi connectivity index (χ0v) is 12.6. The Balaban J connectivity index is 1.81. The fourth-order valence-electron chi connectivity index (χ4n) is 3.09. The normalized spacial score (nSPS) is 14.8. The maximum Gasteiger partial charge on any atom is 0.150 e. The van der Waals surface area contributed by atoms with Gasteiger partial charge in [-0.2, -0.15) is 0 Å². The highest BCUT2D eigenvalue weighted by Crippen LogP contribution is 2.35. The van der Waals surface area contributed by atoms with Crippen LogP contribution in [0, 0.1) is 25.5 Å². The summed E-state index contributed by atoms with van der Waals surface area (Å²) < 4.78 is 27.5. The Morgan fingerprint density at radius 3 is 2.14 bits per heavy atom. The van der Waals surface area contributed by atoms with Gasteiger partial charge in [-0.15, -0.1) is 0 Å². The molecule has 114 valence electrons. The van der Waals surface area contributed by atoms with Crippen LogP contribution in [0.1, 0.15) is 33.0 Å². The first-order valence-electron chi connectivity index (χ1n) is 7.26. The Hall–Kier alpha value is -2.23. The van der Waals surface area contributed by atoms with Gasteiger partial charge in [0.15, 0.2) is 6.29 Å². The molecule has 0 spiro atoms. The number of aryl methyl sites for hydroxylation is 2. The van der Waals surface area contributed by atoms with Crippen molar-refractivity contribution in [3.63, 3.8) is 0 Å². The van der Waals surface area contributed by atoms with Crippen LogP contribution < -0.4 is 4.90 Å². The minimum absolute atomic E-state index is 0.0525. The van der Waals surface area contributed by atoms with Crippen molar-refractivity contribution in [2.45, 2.75) is 19.8 Å². The first kappa shape index (κ1) is 14.7. The molecular weight excluding hydrogens is 284 g/mol. The van der Waals surface area contributed by atoms with Crippen LogP contribution in [-0.2, 0) is 0 Å². The van der Waals surface area contributed by atoms with Gasteiger partial charge >= 0.3 is 0 Å². The lowest BCUT2D eigenvalue weighted by Gasteiger charge is -2.41. The molecule has 1 aliphatic rings. The predicted octanol–water partition coefficient (Wildman–Crippen LogP) is 4.00. The molecule has 3 rings (SSSR count). The van der Waals surface area contributed by atoms with Gasteiger partial charge in [-0.1, -0.05) is 18.2 Å². The third kappa shape index (κ3) is 2.39. The summed E-state index contributed by atoms with van der Waals surface area (Å²) in [6.07, 6.45) is 0.871. The zero-order chi connectivity index (χ0) is 15.9. The van der Waals surface area contributed by atoms with Gasteiger partial charge in [0.1, 0.15) is 17.3 Å². The number of aldehydes is 1. The molecule has 2 aromatic rings. The van der Waals surface area contributed by atoms with Crippen molar-refractivity contribution in [1.82, 2.24) is 0 Å². The van der Waals surface area contributed by atoms with Gasteiger partial charge in [0.25, 0.3) is 0 Å². The van der Waals surface area contributed by atoms with Crippen LogP contribution in [0.4, 0.5) is 14.5 Å². The summed E-state index contributed by atoms with van der Waals surface area (Å²) in [5.74, 6) is -0.818. The average Bonchev–Trinajstić information content (AvgIpc) is 2.40. The van der Waals surface area contributed by atoms with E-state index in [2.05, 4.69) is 0 Å². The maximum absolute atomic E-state index is 13.8. The van der Waals surface area contributed by atoms with E-state index >= 15 is 0 Å². The zero-order valence-electron chi connectivity index (χ0n) is 12.6. The van der Waals surface area contributed by atoms with Crippen LogP contribution >= 0.6 is 0 Å². The fourth-order valence-corrected chi connectivity index (χ4v) is 3.09. The van der Waals surface area contributed by atoms with Gasteiger partial charge in [0, 0.05) is 24.6 Å². The highest BCUT2D eigenvalue weighted by molar-refractivity contribution is 5.79. The van der Waals surface area contributed by atoms with E-state index in [1.165, 1.54) is 18.2 Å². The van der Waals surface area contributed by atoms with Crippen LogP contribution in [0.15, 0.2) is 30.3 Å². The quantitative estimate of drug-likeness (QED) is 0.799. The van der Waals surface area contributed by atoms with E-state index in [0.29, 0.717) is 13.1 Å². The second kappa shape index (κ2) is 5.52. The Morgan fingerprint density at radius 1 is 1.09 bits per heavy atom. The lowest BCUT2D eigenvalue weighted by atomic mass is 9.87. The molecule has 2 nitrogen and oxygen atoms in total. The molecule has 0 aromatic heterocycles. The van der Waals surface area contributed by atoms with Gasteiger partial charge in [0.2, 0.25) is 0 Å². The molecule has 0 aliphatic carbocycles. The van der Waals surface area contributed by atoms with Gasteiger partial charge in [-0.05, 0) is 42.7 Å². The van der Waals surface area contributed by atoms with Gasteiger partial charge in [-0.25, -0.2) is 8.78 Å².